The molecule has 0 atom stereocenters. The Bertz CT molecular complexity index is 10800. The first-order valence-corrected chi connectivity index (χ1v) is 47.0. The van der Waals surface area contributed by atoms with Gasteiger partial charge in [-0.05, 0) is 83.9 Å². The van der Waals surface area contributed by atoms with Crippen molar-refractivity contribution in [3.05, 3.63) is 401 Å². The van der Waals surface area contributed by atoms with Crippen LogP contribution < -0.4 is 0 Å². The van der Waals surface area contributed by atoms with Gasteiger partial charge < -0.3 is 13.3 Å². The molecule has 0 unspecified atom stereocenters. The monoisotopic (exact) mass is 1780 g/mol. The number of furan rings is 3. The van der Waals surface area contributed by atoms with Crippen molar-refractivity contribution < 1.29 is 20.1 Å². The highest BCUT2D eigenvalue weighted by molar-refractivity contribution is 7.28. The quantitative estimate of drug-likeness (QED) is 0.151. The van der Waals surface area contributed by atoms with Crippen LogP contribution in [0.4, 0.5) is 0 Å². The van der Waals surface area contributed by atoms with Gasteiger partial charge in [0.1, 0.15) is 16.7 Å². The Kier molecular flexibility index (Phi) is 15.4. The molecule has 0 aliphatic carbocycles. The van der Waals surface area contributed by atoms with Gasteiger partial charge in [0.15, 0.2) is 0 Å². The van der Waals surface area contributed by atoms with Crippen LogP contribution in [0.3, 0.4) is 0 Å². The van der Waals surface area contributed by atoms with E-state index in [4.69, 9.17) is 50.0 Å². The van der Waals surface area contributed by atoms with Gasteiger partial charge in [0, 0.05) is 170 Å². The van der Waals surface area contributed by atoms with E-state index < -0.39 is 18.1 Å². The highest BCUT2D eigenvalue weighted by Gasteiger charge is 2.31. The first-order valence-electron chi connectivity index (χ1n) is 47.1. The van der Waals surface area contributed by atoms with Gasteiger partial charge >= 0.3 is 0 Å². The summed E-state index contributed by atoms with van der Waals surface area (Å²) in [6, 6.07) is 122. The summed E-state index contributed by atoms with van der Waals surface area (Å²) in [4.78, 5) is 35.8. The molecule has 0 spiro atoms. The van der Waals surface area contributed by atoms with Crippen LogP contribution in [-0.2, 0) is 0 Å². The summed E-state index contributed by atoms with van der Waals surface area (Å²) in [5.41, 5.74) is 15.7. The predicted octanol–water partition coefficient (Wildman–Crippen LogP) is 33.0. The molecule has 16 heteroatoms. The van der Waals surface area contributed by atoms with E-state index in [9.17, 15) is 0 Å². The largest absolute Gasteiger partial charge is 0.437 e. The lowest BCUT2D eigenvalue weighted by molar-refractivity contribution is 0.651. The molecule has 0 amide bonds. The van der Waals surface area contributed by atoms with Crippen LogP contribution in [0.15, 0.2) is 414 Å². The molecule has 0 saturated heterocycles. The maximum atomic E-state index is 8.90. The molecular weight excluding hydrogens is 1710 g/mol. The minimum atomic E-state index is -0.461. The Morgan fingerprint density at radius 3 is 0.933 bits per heavy atom. The topological polar surface area (TPSA) is 144 Å². The molecule has 0 N–H and O–H groups in total. The molecule has 18 aromatic carbocycles. The average molecular weight is 1790 g/mol. The average Bonchev–Trinajstić information content (AvgIpc) is 1.54. The zero-order valence-electron chi connectivity index (χ0n) is 76.1. The summed E-state index contributed by atoms with van der Waals surface area (Å²) in [5, 5.41) is 26.3. The molecule has 628 valence electrons. The molecule has 0 bridgehead atoms. The standard InChI is InChI=1S/C44H25N3OS.C38H21N3OS.C37H20N4OS/c1-2-13-26(14-3-1)27-15-12-16-28(25-27)40-39-32-20-7-10-23-35(32)48-43(39)46-44(45-40)47-34-22-9-6-19-31(34)37-38-33-21-8-11-24-36(33)49-42(38)30-18-5-4-17-29(30)41(37)47;1-2-12-22(13-3-1)34-33-26-17-7-10-20-29(26)42-37(33)40-38(39-34)41-28-19-9-6-16-25(28)31-32-27-18-8-11-21-30(27)43-36(32)24-15-5-4-14-23(24)35(31)41;1-2-12-23-22(11-1)34-30(31-26-15-5-8-18-29(26)43-35(23)31)24-13-3-6-16-27(24)41(34)37-39-33(21-10-9-19-38-20-21)32-25-14-4-7-17-28(25)42-36(32)40-37/h1-25H;1-21H;1-20H/i;1D,2D,3D,12D,13D;. The molecule has 0 fully saturated rings. The van der Waals surface area contributed by atoms with Crippen LogP contribution in [0, 0.1) is 0 Å². The minimum Gasteiger partial charge on any atom is -0.437 e. The van der Waals surface area contributed by atoms with Crippen molar-refractivity contribution in [3.8, 4) is 62.7 Å². The fraction of sp³-hybridized carbons (Fsp3) is 0. The second kappa shape index (κ2) is 29.6. The first kappa shape index (κ1) is 70.5. The van der Waals surface area contributed by atoms with E-state index in [0.29, 0.717) is 39.7 Å². The number of fused-ring (bicyclic) bond motifs is 39. The van der Waals surface area contributed by atoms with Gasteiger partial charge in [-0.25, -0.2) is 15.0 Å². The summed E-state index contributed by atoms with van der Waals surface area (Å²) >= 11 is 5.51. The van der Waals surface area contributed by atoms with E-state index in [0.717, 1.165) is 126 Å². The molecule has 13 nitrogen and oxygen atoms in total. The highest BCUT2D eigenvalue weighted by Crippen LogP contribution is 2.54. The van der Waals surface area contributed by atoms with E-state index in [1.165, 1.54) is 98.2 Å². The van der Waals surface area contributed by atoms with Gasteiger partial charge in [0.2, 0.25) is 35.0 Å². The number of benzene rings is 18. The molecule has 13 aromatic heterocycles. The normalized spacial score (nSPS) is 12.7. The summed E-state index contributed by atoms with van der Waals surface area (Å²) in [6.45, 7) is 0. The van der Waals surface area contributed by atoms with E-state index >= 15 is 0 Å². The van der Waals surface area contributed by atoms with Crippen LogP contribution in [0.1, 0.15) is 6.85 Å². The lowest BCUT2D eigenvalue weighted by Gasteiger charge is -2.12. The molecule has 0 aliphatic rings. The summed E-state index contributed by atoms with van der Waals surface area (Å²) < 4.78 is 76.3. The van der Waals surface area contributed by atoms with Gasteiger partial charge in [-0.1, -0.05) is 315 Å². The maximum absolute atomic E-state index is 8.90. The minimum absolute atomic E-state index is 0.00181. The highest BCUT2D eigenvalue weighted by atomic mass is 32.1. The Balaban J connectivity index is 0.000000101. The van der Waals surface area contributed by atoms with Gasteiger partial charge in [-0.15, -0.1) is 34.0 Å². The smallest absolute Gasteiger partial charge is 0.238 e. The number of nitrogens with zero attached hydrogens (tertiary/aromatic N) is 10. The van der Waals surface area contributed by atoms with Crippen molar-refractivity contribution in [2.45, 2.75) is 0 Å². The van der Waals surface area contributed by atoms with E-state index in [-0.39, 0.29) is 35.0 Å². The second-order valence-corrected chi connectivity index (χ2v) is 37.1. The molecule has 31 rings (SSSR count). The van der Waals surface area contributed by atoms with E-state index in [2.05, 4.69) is 269 Å². The molecular formula is C119H66N10O3S3. The van der Waals surface area contributed by atoms with Crippen molar-refractivity contribution in [3.63, 3.8) is 0 Å². The van der Waals surface area contributed by atoms with Crippen molar-refractivity contribution >= 4 is 258 Å². The van der Waals surface area contributed by atoms with Crippen molar-refractivity contribution in [1.82, 2.24) is 48.6 Å². The number of hydrogen-bond donors (Lipinski definition) is 0. The predicted molar refractivity (Wildman–Crippen MR) is 562 cm³/mol. The molecule has 135 heavy (non-hydrogen) atoms. The molecule has 0 saturated carbocycles. The Labute approximate surface area is 784 Å². The number of para-hydroxylation sites is 6. The summed E-state index contributed by atoms with van der Waals surface area (Å²) in [6.07, 6.45) is 3.64. The summed E-state index contributed by atoms with van der Waals surface area (Å²) in [5.74, 6) is 1.43. The number of hydrogen-bond acceptors (Lipinski definition) is 13. The van der Waals surface area contributed by atoms with Crippen LogP contribution in [0.2, 0.25) is 0 Å². The molecule has 0 aliphatic heterocycles. The zero-order valence-corrected chi connectivity index (χ0v) is 73.6. The van der Waals surface area contributed by atoms with Crippen LogP contribution in [-0.4, -0.2) is 48.6 Å². The lowest BCUT2D eigenvalue weighted by Crippen LogP contribution is -2.03. The van der Waals surface area contributed by atoms with Crippen molar-refractivity contribution in [1.29, 1.82) is 0 Å². The molecule has 13 heterocycles. The van der Waals surface area contributed by atoms with E-state index in [1.54, 1.807) is 17.5 Å². The van der Waals surface area contributed by atoms with Crippen LogP contribution in [0.25, 0.3) is 287 Å². The fourth-order valence-corrected chi connectivity index (χ4v) is 24.8. The number of pyridine rings is 1. The maximum Gasteiger partial charge on any atom is 0.238 e. The Morgan fingerprint density at radius 1 is 0.230 bits per heavy atom. The number of rotatable bonds is 7. The second-order valence-electron chi connectivity index (χ2n) is 33.9. The van der Waals surface area contributed by atoms with E-state index in [1.807, 2.05) is 137 Å². The van der Waals surface area contributed by atoms with Gasteiger partial charge in [-0.3, -0.25) is 18.7 Å². The fourth-order valence-electron chi connectivity index (χ4n) is 21.1. The Hall–Kier alpha value is -17.4. The third-order valence-electron chi connectivity index (χ3n) is 26.6. The first-order chi connectivity index (χ1) is 69.1. The van der Waals surface area contributed by atoms with Crippen molar-refractivity contribution in [2.75, 3.05) is 0 Å². The molecule has 0 radical (unpaired) electrons. The van der Waals surface area contributed by atoms with Crippen molar-refractivity contribution in [2.24, 2.45) is 0 Å². The van der Waals surface area contributed by atoms with Crippen LogP contribution >= 0.6 is 34.0 Å². The third kappa shape index (κ3) is 11.3. The zero-order chi connectivity index (χ0) is 92.5. The number of thiophene rings is 3. The third-order valence-corrected chi connectivity index (χ3v) is 30.2. The van der Waals surface area contributed by atoms with Gasteiger partial charge in [0.25, 0.3) is 0 Å². The summed E-state index contributed by atoms with van der Waals surface area (Å²) in [7, 11) is 0. The molecule has 31 aromatic rings. The number of aromatic nitrogens is 10. The SMILES string of the molecule is [2H]c1c([2H])c([2H])c(-c2nc(-n3c4ccccc4c4c5c6ccccc6sc5c5ccccc5c43)nc3oc4ccccc4c23)c([2H])c1[2H].c1ccc(-c2cccc(-c3nc(-n4c5ccccc5c5c6c7ccccc7sc6c6ccccc6c54)nc4oc5ccccc5c34)c2)cc1.c1cncc(-c2nc(-n3c4ccccc4c4c5c6ccccc6sc5c5ccccc5c43)nc3oc4ccccc4c23)c1. The van der Waals surface area contributed by atoms with Crippen LogP contribution in [0.5, 0.6) is 0 Å². The Morgan fingerprint density at radius 2 is 0.541 bits per heavy atom. The van der Waals surface area contributed by atoms with Gasteiger partial charge in [-0.2, -0.15) is 15.0 Å². The van der Waals surface area contributed by atoms with Gasteiger partial charge in [0.05, 0.1) is 73.2 Å². The lowest BCUT2D eigenvalue weighted by atomic mass is 9.99.